The minimum atomic E-state index is -4.15. The first kappa shape index (κ1) is 28.4. The van der Waals surface area contributed by atoms with Crippen molar-refractivity contribution in [2.45, 2.75) is 24.8 Å². The number of nitrogens with zero attached hydrogens (tertiary/aromatic N) is 1. The lowest BCUT2D eigenvalue weighted by Crippen LogP contribution is -2.38. The van der Waals surface area contributed by atoms with Gasteiger partial charge in [0.2, 0.25) is 5.91 Å². The molecule has 0 saturated carbocycles. The van der Waals surface area contributed by atoms with Crippen molar-refractivity contribution in [3.63, 3.8) is 0 Å². The Morgan fingerprint density at radius 1 is 0.850 bits per heavy atom. The van der Waals surface area contributed by atoms with Gasteiger partial charge in [0, 0.05) is 0 Å². The number of nitrogens with one attached hydrogen (secondary N) is 2. The first-order chi connectivity index (χ1) is 19.2. The summed E-state index contributed by atoms with van der Waals surface area (Å²) >= 11 is 0. The largest absolute Gasteiger partial charge is 0.495 e. The Hall–Kier alpha value is -4.63. The molecule has 9 heteroatoms. The van der Waals surface area contributed by atoms with E-state index < -0.39 is 22.5 Å². The fraction of sp³-hybridized carbons (Fsp3) is 0.161. The number of anilines is 2. The van der Waals surface area contributed by atoms with Crippen LogP contribution in [0.5, 0.6) is 5.75 Å². The van der Waals surface area contributed by atoms with Crippen LogP contribution in [-0.2, 0) is 14.8 Å². The highest BCUT2D eigenvalue weighted by Gasteiger charge is 2.29. The van der Waals surface area contributed by atoms with Crippen molar-refractivity contribution in [2.75, 3.05) is 23.3 Å². The molecule has 0 saturated heterocycles. The molecule has 0 aromatic heterocycles. The standard InChI is InChI=1S/C31H31N3O5S/c1-22-17-19-25(20-18-22)40(37,38)34(28-15-9-10-16-29(28)39-3)21-30(35)33-27-14-8-7-13-26(27)31(36)32-23(2)24-11-5-4-6-12-24/h4-20,23H,21H2,1-3H3,(H,32,36)(H,33,35)/t23-/m1/s1. The van der Waals surface area contributed by atoms with Crippen LogP contribution >= 0.6 is 0 Å². The second-order valence-corrected chi connectivity index (χ2v) is 11.1. The van der Waals surface area contributed by atoms with Gasteiger partial charge in [-0.15, -0.1) is 0 Å². The molecule has 0 aliphatic heterocycles. The summed E-state index contributed by atoms with van der Waals surface area (Å²) in [6.07, 6.45) is 0. The molecule has 0 aliphatic rings. The third-order valence-corrected chi connectivity index (χ3v) is 8.12. The highest BCUT2D eigenvalue weighted by molar-refractivity contribution is 7.92. The lowest BCUT2D eigenvalue weighted by atomic mass is 10.1. The summed E-state index contributed by atoms with van der Waals surface area (Å²) in [5.41, 5.74) is 2.56. The monoisotopic (exact) mass is 557 g/mol. The second kappa shape index (κ2) is 12.5. The van der Waals surface area contributed by atoms with Crippen LogP contribution < -0.4 is 19.7 Å². The van der Waals surface area contributed by atoms with E-state index in [1.54, 1.807) is 60.7 Å². The molecule has 2 N–H and O–H groups in total. The van der Waals surface area contributed by atoms with Crippen molar-refractivity contribution in [1.29, 1.82) is 0 Å². The zero-order valence-electron chi connectivity index (χ0n) is 22.5. The Morgan fingerprint density at radius 2 is 1.48 bits per heavy atom. The summed E-state index contributed by atoms with van der Waals surface area (Å²) in [6.45, 7) is 3.18. The van der Waals surface area contributed by atoms with E-state index >= 15 is 0 Å². The molecular formula is C31H31N3O5S. The van der Waals surface area contributed by atoms with E-state index in [0.717, 1.165) is 15.4 Å². The minimum Gasteiger partial charge on any atom is -0.495 e. The van der Waals surface area contributed by atoms with Crippen molar-refractivity contribution in [3.05, 3.63) is 120 Å². The molecular weight excluding hydrogens is 526 g/mol. The smallest absolute Gasteiger partial charge is 0.264 e. The number of amides is 2. The number of carbonyl (C=O) groups excluding carboxylic acids is 2. The Kier molecular flexibility index (Phi) is 8.86. The Balaban J connectivity index is 1.61. The van der Waals surface area contributed by atoms with E-state index in [1.165, 1.54) is 19.2 Å². The van der Waals surface area contributed by atoms with Crippen LogP contribution in [0.15, 0.2) is 108 Å². The van der Waals surface area contributed by atoms with E-state index in [1.807, 2.05) is 44.2 Å². The van der Waals surface area contributed by atoms with Gasteiger partial charge in [-0.3, -0.25) is 13.9 Å². The molecule has 4 aromatic carbocycles. The van der Waals surface area contributed by atoms with E-state index in [0.29, 0.717) is 5.75 Å². The molecule has 206 valence electrons. The number of benzene rings is 4. The maximum Gasteiger partial charge on any atom is 0.264 e. The molecule has 40 heavy (non-hydrogen) atoms. The summed E-state index contributed by atoms with van der Waals surface area (Å²) in [6, 6.07) is 28.8. The Labute approximate surface area is 234 Å². The van der Waals surface area contributed by atoms with Gasteiger partial charge in [-0.2, -0.15) is 0 Å². The predicted octanol–water partition coefficient (Wildman–Crippen LogP) is 5.33. The van der Waals surface area contributed by atoms with Crippen molar-refractivity contribution in [1.82, 2.24) is 5.32 Å². The number of aryl methyl sites for hydroxylation is 1. The third-order valence-electron chi connectivity index (χ3n) is 6.34. The molecule has 0 unspecified atom stereocenters. The summed E-state index contributed by atoms with van der Waals surface area (Å²) in [5, 5.41) is 5.67. The van der Waals surface area contributed by atoms with Crippen LogP contribution in [-0.4, -0.2) is 33.9 Å². The molecule has 0 bridgehead atoms. The Bertz CT molecular complexity index is 1590. The summed E-state index contributed by atoms with van der Waals surface area (Å²) in [7, 11) is -2.72. The zero-order valence-corrected chi connectivity index (χ0v) is 23.3. The molecule has 0 heterocycles. The molecule has 0 radical (unpaired) electrons. The highest BCUT2D eigenvalue weighted by atomic mass is 32.2. The predicted molar refractivity (Wildman–Crippen MR) is 156 cm³/mol. The molecule has 0 spiro atoms. The minimum absolute atomic E-state index is 0.0338. The molecule has 0 fully saturated rings. The lowest BCUT2D eigenvalue weighted by molar-refractivity contribution is -0.114. The van der Waals surface area contributed by atoms with E-state index in [-0.39, 0.29) is 33.8 Å². The quantitative estimate of drug-likeness (QED) is 0.274. The fourth-order valence-electron chi connectivity index (χ4n) is 4.18. The van der Waals surface area contributed by atoms with Crippen LogP contribution in [0.25, 0.3) is 0 Å². The SMILES string of the molecule is COc1ccccc1N(CC(=O)Nc1ccccc1C(=O)N[C@H](C)c1ccccc1)S(=O)(=O)c1ccc(C)cc1. The van der Waals surface area contributed by atoms with E-state index in [2.05, 4.69) is 10.6 Å². The second-order valence-electron chi connectivity index (χ2n) is 9.20. The van der Waals surface area contributed by atoms with Crippen LogP contribution in [0.1, 0.15) is 34.5 Å². The first-order valence-corrected chi connectivity index (χ1v) is 14.1. The fourth-order valence-corrected chi connectivity index (χ4v) is 5.61. The van der Waals surface area contributed by atoms with Gasteiger partial charge in [-0.1, -0.05) is 72.3 Å². The summed E-state index contributed by atoms with van der Waals surface area (Å²) < 4.78 is 33.9. The number of para-hydroxylation sites is 3. The normalized spacial score (nSPS) is 11.8. The van der Waals surface area contributed by atoms with Gasteiger partial charge in [0.15, 0.2) is 0 Å². The number of carbonyl (C=O) groups is 2. The van der Waals surface area contributed by atoms with Gasteiger partial charge in [-0.05, 0) is 55.8 Å². The van der Waals surface area contributed by atoms with Crippen LogP contribution in [0.3, 0.4) is 0 Å². The summed E-state index contributed by atoms with van der Waals surface area (Å²) in [5.74, 6) is -0.709. The van der Waals surface area contributed by atoms with Gasteiger partial charge in [0.25, 0.3) is 15.9 Å². The zero-order chi connectivity index (χ0) is 28.7. The molecule has 0 aliphatic carbocycles. The topological polar surface area (TPSA) is 105 Å². The van der Waals surface area contributed by atoms with Crippen LogP contribution in [0.4, 0.5) is 11.4 Å². The highest BCUT2D eigenvalue weighted by Crippen LogP contribution is 2.32. The van der Waals surface area contributed by atoms with E-state index in [4.69, 9.17) is 4.74 Å². The van der Waals surface area contributed by atoms with Gasteiger partial charge >= 0.3 is 0 Å². The van der Waals surface area contributed by atoms with Crippen LogP contribution in [0, 0.1) is 6.92 Å². The van der Waals surface area contributed by atoms with Crippen molar-refractivity contribution in [3.8, 4) is 5.75 Å². The maximum absolute atomic E-state index is 13.8. The molecule has 8 nitrogen and oxygen atoms in total. The summed E-state index contributed by atoms with van der Waals surface area (Å²) in [4.78, 5) is 26.5. The van der Waals surface area contributed by atoms with Crippen molar-refractivity contribution in [2.24, 2.45) is 0 Å². The van der Waals surface area contributed by atoms with Crippen molar-refractivity contribution < 1.29 is 22.7 Å². The van der Waals surface area contributed by atoms with Crippen LogP contribution in [0.2, 0.25) is 0 Å². The molecule has 1 atom stereocenters. The number of hydrogen-bond acceptors (Lipinski definition) is 5. The number of ether oxygens (including phenoxy) is 1. The third kappa shape index (κ3) is 6.50. The number of methoxy groups -OCH3 is 1. The molecule has 2 amide bonds. The average molecular weight is 558 g/mol. The molecule has 4 rings (SSSR count). The maximum atomic E-state index is 13.8. The van der Waals surface area contributed by atoms with Gasteiger partial charge in [-0.25, -0.2) is 8.42 Å². The van der Waals surface area contributed by atoms with Gasteiger partial charge in [0.05, 0.1) is 35.0 Å². The molecule has 4 aromatic rings. The van der Waals surface area contributed by atoms with E-state index in [9.17, 15) is 18.0 Å². The Morgan fingerprint density at radius 3 is 2.17 bits per heavy atom. The number of hydrogen-bond donors (Lipinski definition) is 2. The number of sulfonamides is 1. The van der Waals surface area contributed by atoms with Gasteiger partial charge < -0.3 is 15.4 Å². The average Bonchev–Trinajstić information content (AvgIpc) is 2.96. The van der Waals surface area contributed by atoms with Gasteiger partial charge in [0.1, 0.15) is 12.3 Å². The van der Waals surface area contributed by atoms with Crippen molar-refractivity contribution >= 4 is 33.2 Å². The first-order valence-electron chi connectivity index (χ1n) is 12.7. The lowest BCUT2D eigenvalue weighted by Gasteiger charge is -2.26. The number of rotatable bonds is 10.